The second kappa shape index (κ2) is 8.23. The number of nitrogens with one attached hydrogen (secondary N) is 3. The zero-order valence-corrected chi connectivity index (χ0v) is 17.6. The summed E-state index contributed by atoms with van der Waals surface area (Å²) in [5, 5.41) is 6.64. The van der Waals surface area contributed by atoms with Gasteiger partial charge in [0, 0.05) is 24.5 Å². The molecule has 2 aromatic carbocycles. The molecule has 3 heterocycles. The molecule has 0 saturated carbocycles. The van der Waals surface area contributed by atoms with E-state index in [2.05, 4.69) is 68.6 Å². The molecule has 8 heteroatoms. The molecule has 0 radical (unpaired) electrons. The fraction of sp³-hybridized carbons (Fsp3) is 0.261. The lowest BCUT2D eigenvalue weighted by Gasteiger charge is -2.28. The maximum Gasteiger partial charge on any atom is 0.231 e. The Morgan fingerprint density at radius 1 is 0.806 bits per heavy atom. The third kappa shape index (κ3) is 4.29. The Morgan fingerprint density at radius 3 is 2.06 bits per heavy atom. The summed E-state index contributed by atoms with van der Waals surface area (Å²) in [6.07, 6.45) is 0. The first-order valence-electron chi connectivity index (χ1n) is 10.4. The van der Waals surface area contributed by atoms with Crippen LogP contribution in [0.1, 0.15) is 11.1 Å². The number of aryl methyl sites for hydroxylation is 2. The van der Waals surface area contributed by atoms with E-state index < -0.39 is 0 Å². The van der Waals surface area contributed by atoms with Crippen molar-refractivity contribution >= 4 is 40.3 Å². The van der Waals surface area contributed by atoms with Crippen molar-refractivity contribution in [2.45, 2.75) is 13.8 Å². The van der Waals surface area contributed by atoms with Gasteiger partial charge in [-0.1, -0.05) is 35.4 Å². The SMILES string of the molecule is Cc1ccc(Nc2nc(N3CCOCC3)c3[nH]c(Nc4ccc(C)cc4)nc3n2)cc1. The third-order valence-corrected chi connectivity index (χ3v) is 5.26. The maximum atomic E-state index is 5.53. The number of imidazole rings is 1. The number of hydrogen-bond donors (Lipinski definition) is 3. The Morgan fingerprint density at radius 2 is 1.42 bits per heavy atom. The van der Waals surface area contributed by atoms with Crippen LogP contribution in [0.2, 0.25) is 0 Å². The summed E-state index contributed by atoms with van der Waals surface area (Å²) in [6.45, 7) is 7.03. The first kappa shape index (κ1) is 19.3. The number of rotatable bonds is 5. The molecule has 0 spiro atoms. The van der Waals surface area contributed by atoms with Gasteiger partial charge in [0.1, 0.15) is 5.52 Å². The topological polar surface area (TPSA) is 91.0 Å². The van der Waals surface area contributed by atoms with E-state index in [0.29, 0.717) is 30.8 Å². The Labute approximate surface area is 180 Å². The van der Waals surface area contributed by atoms with Gasteiger partial charge in [-0.05, 0) is 38.1 Å². The van der Waals surface area contributed by atoms with E-state index in [4.69, 9.17) is 9.72 Å². The van der Waals surface area contributed by atoms with Gasteiger partial charge in [-0.25, -0.2) is 0 Å². The summed E-state index contributed by atoms with van der Waals surface area (Å²) in [4.78, 5) is 19.7. The molecule has 1 aliphatic rings. The van der Waals surface area contributed by atoms with E-state index in [9.17, 15) is 0 Å². The highest BCUT2D eigenvalue weighted by atomic mass is 16.5. The van der Waals surface area contributed by atoms with Crippen molar-refractivity contribution < 1.29 is 4.74 Å². The van der Waals surface area contributed by atoms with Crippen LogP contribution in [0.15, 0.2) is 48.5 Å². The minimum absolute atomic E-state index is 0.520. The largest absolute Gasteiger partial charge is 0.378 e. The molecule has 0 bridgehead atoms. The van der Waals surface area contributed by atoms with Crippen LogP contribution in [-0.4, -0.2) is 46.2 Å². The molecule has 0 unspecified atom stereocenters. The van der Waals surface area contributed by atoms with Crippen LogP contribution in [0.5, 0.6) is 0 Å². The van der Waals surface area contributed by atoms with Crippen LogP contribution < -0.4 is 15.5 Å². The van der Waals surface area contributed by atoms with E-state index >= 15 is 0 Å². The van der Waals surface area contributed by atoms with Crippen LogP contribution in [0.3, 0.4) is 0 Å². The molecule has 8 nitrogen and oxygen atoms in total. The smallest absolute Gasteiger partial charge is 0.231 e. The third-order valence-electron chi connectivity index (χ3n) is 5.26. The van der Waals surface area contributed by atoms with Crippen molar-refractivity contribution in [3.63, 3.8) is 0 Å². The summed E-state index contributed by atoms with van der Waals surface area (Å²) in [6, 6.07) is 16.3. The Bertz CT molecular complexity index is 1180. The zero-order valence-electron chi connectivity index (χ0n) is 17.6. The summed E-state index contributed by atoms with van der Waals surface area (Å²) >= 11 is 0. The summed E-state index contributed by atoms with van der Waals surface area (Å²) < 4.78 is 5.53. The van der Waals surface area contributed by atoms with Gasteiger partial charge < -0.3 is 25.3 Å². The van der Waals surface area contributed by atoms with E-state index in [1.807, 2.05) is 24.3 Å². The quantitative estimate of drug-likeness (QED) is 0.448. The van der Waals surface area contributed by atoms with Crippen molar-refractivity contribution in [2.75, 3.05) is 41.8 Å². The number of fused-ring (bicyclic) bond motifs is 1. The molecule has 1 aliphatic heterocycles. The summed E-state index contributed by atoms with van der Waals surface area (Å²) in [7, 11) is 0. The number of nitrogens with zero attached hydrogens (tertiary/aromatic N) is 4. The fourth-order valence-electron chi connectivity index (χ4n) is 3.54. The second-order valence-electron chi connectivity index (χ2n) is 7.74. The normalized spacial score (nSPS) is 14.1. The molecular weight excluding hydrogens is 390 g/mol. The molecule has 158 valence electrons. The first-order chi connectivity index (χ1) is 15.1. The highest BCUT2D eigenvalue weighted by molar-refractivity contribution is 5.87. The van der Waals surface area contributed by atoms with E-state index in [1.165, 1.54) is 11.1 Å². The summed E-state index contributed by atoms with van der Waals surface area (Å²) in [5.74, 6) is 1.98. The number of benzene rings is 2. The maximum absolute atomic E-state index is 5.53. The number of aromatic nitrogens is 4. The minimum atomic E-state index is 0.520. The molecule has 0 aliphatic carbocycles. The van der Waals surface area contributed by atoms with Crippen molar-refractivity contribution in [3.8, 4) is 0 Å². The lowest BCUT2D eigenvalue weighted by molar-refractivity contribution is 0.122. The van der Waals surface area contributed by atoms with Crippen molar-refractivity contribution in [1.82, 2.24) is 19.9 Å². The monoisotopic (exact) mass is 415 g/mol. The number of aromatic amines is 1. The molecule has 5 rings (SSSR count). The number of anilines is 5. The van der Waals surface area contributed by atoms with Crippen LogP contribution in [0, 0.1) is 13.8 Å². The Balaban J connectivity index is 1.52. The van der Waals surface area contributed by atoms with Gasteiger partial charge >= 0.3 is 0 Å². The average molecular weight is 416 g/mol. The zero-order chi connectivity index (χ0) is 21.2. The highest BCUT2D eigenvalue weighted by Crippen LogP contribution is 2.28. The Kier molecular flexibility index (Phi) is 5.13. The molecule has 1 fully saturated rings. The lowest BCUT2D eigenvalue weighted by atomic mass is 10.2. The predicted octanol–water partition coefficient (Wildman–Crippen LogP) is 4.29. The number of ether oxygens (including phenoxy) is 1. The van der Waals surface area contributed by atoms with Gasteiger partial charge in [0.05, 0.1) is 13.2 Å². The molecule has 31 heavy (non-hydrogen) atoms. The average Bonchev–Trinajstić information content (AvgIpc) is 3.19. The van der Waals surface area contributed by atoms with Crippen molar-refractivity contribution in [1.29, 1.82) is 0 Å². The first-order valence-corrected chi connectivity index (χ1v) is 10.4. The lowest BCUT2D eigenvalue weighted by Crippen LogP contribution is -2.37. The van der Waals surface area contributed by atoms with Gasteiger partial charge in [0.15, 0.2) is 11.5 Å². The number of hydrogen-bond acceptors (Lipinski definition) is 7. The standard InChI is InChI=1S/C23H25N7O/c1-15-3-7-17(8-4-15)24-22-26-19-20(27-22)28-23(25-18-9-5-16(2)6-10-18)29-21(19)30-11-13-31-14-12-30/h3-10H,11-14H2,1-2H3,(H3,24,25,26,27,28,29). The highest BCUT2D eigenvalue weighted by Gasteiger charge is 2.20. The molecular formula is C23H25N7O. The molecule has 0 atom stereocenters. The van der Waals surface area contributed by atoms with Crippen LogP contribution >= 0.6 is 0 Å². The predicted molar refractivity (Wildman–Crippen MR) is 124 cm³/mol. The van der Waals surface area contributed by atoms with E-state index in [1.54, 1.807) is 0 Å². The number of H-pyrrole nitrogens is 1. The van der Waals surface area contributed by atoms with Gasteiger partial charge in [0.2, 0.25) is 11.9 Å². The van der Waals surface area contributed by atoms with Crippen LogP contribution in [0.4, 0.5) is 29.1 Å². The fourth-order valence-corrected chi connectivity index (χ4v) is 3.54. The minimum Gasteiger partial charge on any atom is -0.378 e. The second-order valence-corrected chi connectivity index (χ2v) is 7.74. The van der Waals surface area contributed by atoms with Crippen molar-refractivity contribution in [2.24, 2.45) is 0 Å². The molecule has 0 amide bonds. The van der Waals surface area contributed by atoms with Crippen LogP contribution in [0.25, 0.3) is 11.2 Å². The van der Waals surface area contributed by atoms with E-state index in [-0.39, 0.29) is 0 Å². The van der Waals surface area contributed by atoms with Gasteiger partial charge in [0.25, 0.3) is 0 Å². The molecule has 2 aromatic heterocycles. The Hall–Kier alpha value is -3.65. The number of morpholine rings is 1. The van der Waals surface area contributed by atoms with Crippen LogP contribution in [-0.2, 0) is 4.74 Å². The molecule has 3 N–H and O–H groups in total. The summed E-state index contributed by atoms with van der Waals surface area (Å²) in [5.41, 5.74) is 5.74. The van der Waals surface area contributed by atoms with Gasteiger partial charge in [-0.3, -0.25) is 0 Å². The van der Waals surface area contributed by atoms with Crippen molar-refractivity contribution in [3.05, 3.63) is 59.7 Å². The molecule has 1 saturated heterocycles. The van der Waals surface area contributed by atoms with E-state index in [0.717, 1.165) is 35.8 Å². The van der Waals surface area contributed by atoms with Gasteiger partial charge in [-0.15, -0.1) is 0 Å². The van der Waals surface area contributed by atoms with Gasteiger partial charge in [-0.2, -0.15) is 15.0 Å². The molecule has 4 aromatic rings.